The van der Waals surface area contributed by atoms with Crippen LogP contribution in [0.3, 0.4) is 0 Å². The van der Waals surface area contributed by atoms with Crippen molar-refractivity contribution in [2.24, 2.45) is 0 Å². The fraction of sp³-hybridized carbons (Fsp3) is 0.286. The first kappa shape index (κ1) is 13.7. The lowest BCUT2D eigenvalue weighted by atomic mass is 10.1. The van der Waals surface area contributed by atoms with E-state index in [0.717, 1.165) is 4.88 Å². The molecule has 1 heterocycles. The van der Waals surface area contributed by atoms with Gasteiger partial charge >= 0.3 is 5.97 Å². The summed E-state index contributed by atoms with van der Waals surface area (Å²) in [6.07, 6.45) is 0. The molecule has 2 rings (SSSR count). The Balaban J connectivity index is 2.45. The predicted octanol–water partition coefficient (Wildman–Crippen LogP) is 3.74. The van der Waals surface area contributed by atoms with Crippen LogP contribution in [0.5, 0.6) is 0 Å². The van der Waals surface area contributed by atoms with E-state index in [1.54, 1.807) is 39.0 Å². The number of ether oxygens (including phenoxy) is 1. The topological polar surface area (TPSA) is 39.2 Å². The summed E-state index contributed by atoms with van der Waals surface area (Å²) in [6.45, 7) is 5.51. The number of carbonyl (C=O) groups is 1. The molecule has 1 aromatic carbocycles. The van der Waals surface area contributed by atoms with E-state index < -0.39 is 5.97 Å². The van der Waals surface area contributed by atoms with Crippen LogP contribution in [0.4, 0.5) is 4.39 Å². The summed E-state index contributed by atoms with van der Waals surface area (Å²) in [4.78, 5) is 16.6. The van der Waals surface area contributed by atoms with Crippen LogP contribution in [-0.2, 0) is 4.74 Å². The molecule has 1 aromatic heterocycles. The molecule has 100 valence electrons. The van der Waals surface area contributed by atoms with Crippen molar-refractivity contribution in [3.8, 4) is 10.6 Å². The van der Waals surface area contributed by atoms with Crippen molar-refractivity contribution in [2.75, 3.05) is 6.61 Å². The largest absolute Gasteiger partial charge is 0.461 e. The predicted molar refractivity (Wildman–Crippen MR) is 72.9 cm³/mol. The number of aromatic nitrogens is 1. The smallest absolute Gasteiger partial charge is 0.358 e. The summed E-state index contributed by atoms with van der Waals surface area (Å²) >= 11 is 1.29. The number of hydrogen-bond acceptors (Lipinski definition) is 4. The van der Waals surface area contributed by atoms with Gasteiger partial charge in [-0.2, -0.15) is 0 Å². The maximum Gasteiger partial charge on any atom is 0.358 e. The highest BCUT2D eigenvalue weighted by atomic mass is 32.1. The quantitative estimate of drug-likeness (QED) is 0.803. The summed E-state index contributed by atoms with van der Waals surface area (Å²) in [7, 11) is 0. The molecule has 0 aliphatic heterocycles. The fourth-order valence-electron chi connectivity index (χ4n) is 1.71. The first-order valence-electron chi connectivity index (χ1n) is 5.94. The molecule has 0 unspecified atom stereocenters. The van der Waals surface area contributed by atoms with Crippen LogP contribution >= 0.6 is 11.3 Å². The molecular weight excluding hydrogens is 265 g/mol. The van der Waals surface area contributed by atoms with Crippen LogP contribution in [0.25, 0.3) is 10.6 Å². The van der Waals surface area contributed by atoms with Crippen LogP contribution in [0.15, 0.2) is 18.2 Å². The van der Waals surface area contributed by atoms with Crippen molar-refractivity contribution in [2.45, 2.75) is 20.8 Å². The van der Waals surface area contributed by atoms with Gasteiger partial charge in [0.1, 0.15) is 10.8 Å². The van der Waals surface area contributed by atoms with Gasteiger partial charge in [0, 0.05) is 10.4 Å². The molecular formula is C14H14FNO2S. The van der Waals surface area contributed by atoms with Crippen LogP contribution < -0.4 is 0 Å². The first-order valence-corrected chi connectivity index (χ1v) is 6.76. The Morgan fingerprint density at radius 1 is 1.42 bits per heavy atom. The molecule has 5 heteroatoms. The van der Waals surface area contributed by atoms with Gasteiger partial charge in [-0.05, 0) is 32.4 Å². The second-order valence-corrected chi connectivity index (χ2v) is 5.28. The minimum Gasteiger partial charge on any atom is -0.461 e. The molecule has 0 N–H and O–H groups in total. The molecule has 0 aliphatic carbocycles. The van der Waals surface area contributed by atoms with Crippen LogP contribution in [0.2, 0.25) is 0 Å². The average Bonchev–Trinajstić information content (AvgIpc) is 2.75. The van der Waals surface area contributed by atoms with Crippen molar-refractivity contribution in [3.63, 3.8) is 0 Å². The minimum absolute atomic E-state index is 0.266. The number of halogens is 1. The van der Waals surface area contributed by atoms with Crippen molar-refractivity contribution in [1.29, 1.82) is 0 Å². The van der Waals surface area contributed by atoms with E-state index in [-0.39, 0.29) is 11.5 Å². The highest BCUT2D eigenvalue weighted by Crippen LogP contribution is 2.30. The number of aryl methyl sites for hydroxylation is 2. The molecule has 0 saturated carbocycles. The van der Waals surface area contributed by atoms with E-state index in [2.05, 4.69) is 4.98 Å². The normalized spacial score (nSPS) is 10.5. The Hall–Kier alpha value is -1.75. The molecule has 0 bridgehead atoms. The van der Waals surface area contributed by atoms with E-state index in [0.29, 0.717) is 22.7 Å². The van der Waals surface area contributed by atoms with Gasteiger partial charge in [-0.25, -0.2) is 14.2 Å². The van der Waals surface area contributed by atoms with Gasteiger partial charge in [-0.15, -0.1) is 11.3 Å². The average molecular weight is 279 g/mol. The summed E-state index contributed by atoms with van der Waals surface area (Å²) in [5.74, 6) is -0.762. The lowest BCUT2D eigenvalue weighted by molar-refractivity contribution is 0.0519. The van der Waals surface area contributed by atoms with Gasteiger partial charge in [-0.1, -0.05) is 12.1 Å². The Morgan fingerprint density at radius 2 is 2.16 bits per heavy atom. The molecule has 3 nitrogen and oxygen atoms in total. The molecule has 0 amide bonds. The number of nitrogens with zero attached hydrogens (tertiary/aromatic N) is 1. The SMILES string of the molecule is CCOC(=O)c1nc(-c2cccc(C)c2F)sc1C. The van der Waals surface area contributed by atoms with Crippen molar-refractivity contribution in [1.82, 2.24) is 4.98 Å². The van der Waals surface area contributed by atoms with Gasteiger partial charge in [0.2, 0.25) is 0 Å². The molecule has 0 fully saturated rings. The Kier molecular flexibility index (Phi) is 3.95. The summed E-state index contributed by atoms with van der Waals surface area (Å²) in [5.41, 5.74) is 1.24. The monoisotopic (exact) mass is 279 g/mol. The highest BCUT2D eigenvalue weighted by Gasteiger charge is 2.19. The van der Waals surface area contributed by atoms with E-state index in [1.165, 1.54) is 11.3 Å². The number of carbonyl (C=O) groups excluding carboxylic acids is 1. The van der Waals surface area contributed by atoms with Gasteiger partial charge in [0.25, 0.3) is 0 Å². The number of hydrogen-bond donors (Lipinski definition) is 0. The number of rotatable bonds is 3. The van der Waals surface area contributed by atoms with E-state index in [4.69, 9.17) is 4.74 Å². The lowest BCUT2D eigenvalue weighted by Gasteiger charge is -2.01. The molecule has 0 atom stereocenters. The second-order valence-electron chi connectivity index (χ2n) is 4.08. The Labute approximate surface area is 115 Å². The van der Waals surface area contributed by atoms with Crippen molar-refractivity contribution < 1.29 is 13.9 Å². The van der Waals surface area contributed by atoms with E-state index in [9.17, 15) is 9.18 Å². The van der Waals surface area contributed by atoms with Gasteiger partial charge in [-0.3, -0.25) is 0 Å². The van der Waals surface area contributed by atoms with Crippen LogP contribution in [0, 0.1) is 19.7 Å². The third-order valence-electron chi connectivity index (χ3n) is 2.69. The van der Waals surface area contributed by atoms with Crippen molar-refractivity contribution >= 4 is 17.3 Å². The zero-order chi connectivity index (χ0) is 14.0. The molecule has 0 aliphatic rings. The summed E-state index contributed by atoms with van der Waals surface area (Å²) in [5, 5.41) is 0.502. The second kappa shape index (κ2) is 5.48. The van der Waals surface area contributed by atoms with Gasteiger partial charge < -0.3 is 4.74 Å². The summed E-state index contributed by atoms with van der Waals surface area (Å²) < 4.78 is 19.0. The van der Waals surface area contributed by atoms with E-state index >= 15 is 0 Å². The lowest BCUT2D eigenvalue weighted by Crippen LogP contribution is -2.06. The molecule has 0 spiro atoms. The zero-order valence-electron chi connectivity index (χ0n) is 11.0. The molecule has 2 aromatic rings. The third-order valence-corrected chi connectivity index (χ3v) is 3.69. The fourth-order valence-corrected chi connectivity index (χ4v) is 2.63. The number of benzene rings is 1. The molecule has 0 saturated heterocycles. The third kappa shape index (κ3) is 2.66. The molecule has 0 radical (unpaired) electrons. The molecule has 19 heavy (non-hydrogen) atoms. The Bertz CT molecular complexity index is 622. The first-order chi connectivity index (χ1) is 9.04. The van der Waals surface area contributed by atoms with Crippen molar-refractivity contribution in [3.05, 3.63) is 40.2 Å². The highest BCUT2D eigenvalue weighted by molar-refractivity contribution is 7.15. The summed E-state index contributed by atoms with van der Waals surface area (Å²) in [6, 6.07) is 5.13. The van der Waals surface area contributed by atoms with Crippen LogP contribution in [-0.4, -0.2) is 17.6 Å². The minimum atomic E-state index is -0.462. The van der Waals surface area contributed by atoms with Crippen LogP contribution in [0.1, 0.15) is 27.9 Å². The Morgan fingerprint density at radius 3 is 2.84 bits per heavy atom. The number of esters is 1. The standard InChI is InChI=1S/C14H14FNO2S/c1-4-18-14(17)12-9(3)19-13(16-12)10-7-5-6-8(2)11(10)15/h5-7H,4H2,1-3H3. The van der Waals surface area contributed by atoms with Gasteiger partial charge in [0.15, 0.2) is 5.69 Å². The van der Waals surface area contributed by atoms with Gasteiger partial charge in [0.05, 0.1) is 6.61 Å². The maximum absolute atomic E-state index is 14.0. The van der Waals surface area contributed by atoms with E-state index in [1.807, 2.05) is 0 Å². The maximum atomic E-state index is 14.0. The zero-order valence-corrected chi connectivity index (χ0v) is 11.8. The number of thiazole rings is 1.